The SMILES string of the molecule is Cc1ccccc1C1CC(C)N(C(=O)NCCC(=O)O)C1. The summed E-state index contributed by atoms with van der Waals surface area (Å²) in [5.74, 6) is -0.547. The first-order valence-electron chi connectivity index (χ1n) is 7.31. The second kappa shape index (κ2) is 6.61. The number of carbonyl (C=O) groups excluding carboxylic acids is 1. The molecule has 2 amide bonds. The number of aliphatic carboxylic acids is 1. The number of carboxylic acids is 1. The van der Waals surface area contributed by atoms with Gasteiger partial charge < -0.3 is 15.3 Å². The fraction of sp³-hybridized carbons (Fsp3) is 0.500. The maximum atomic E-state index is 12.1. The summed E-state index contributed by atoms with van der Waals surface area (Å²) in [4.78, 5) is 24.4. The average molecular weight is 290 g/mol. The standard InChI is InChI=1S/C16H22N2O3/c1-11-5-3-4-6-14(11)13-9-12(2)18(10-13)16(21)17-8-7-15(19)20/h3-6,12-13H,7-10H2,1-2H3,(H,17,21)(H,19,20). The van der Waals surface area contributed by atoms with Crippen molar-refractivity contribution in [3.8, 4) is 0 Å². The van der Waals surface area contributed by atoms with Crippen molar-refractivity contribution >= 4 is 12.0 Å². The molecule has 0 spiro atoms. The summed E-state index contributed by atoms with van der Waals surface area (Å²) in [6.45, 7) is 4.99. The predicted octanol–water partition coefficient (Wildman–Crippen LogP) is 2.36. The Morgan fingerprint density at radius 1 is 1.38 bits per heavy atom. The van der Waals surface area contributed by atoms with Crippen LogP contribution in [0.2, 0.25) is 0 Å². The third kappa shape index (κ3) is 3.74. The molecule has 0 bridgehead atoms. The molecule has 1 aromatic carbocycles. The van der Waals surface area contributed by atoms with Gasteiger partial charge in [-0.3, -0.25) is 4.79 Å². The summed E-state index contributed by atoms with van der Waals surface area (Å²) in [6.07, 6.45) is 0.895. The maximum absolute atomic E-state index is 12.1. The Morgan fingerprint density at radius 3 is 2.76 bits per heavy atom. The Balaban J connectivity index is 1.96. The van der Waals surface area contributed by atoms with E-state index >= 15 is 0 Å². The molecule has 0 saturated carbocycles. The molecular formula is C16H22N2O3. The highest BCUT2D eigenvalue weighted by Crippen LogP contribution is 2.33. The van der Waals surface area contributed by atoms with Crippen LogP contribution in [0.25, 0.3) is 0 Å². The lowest BCUT2D eigenvalue weighted by atomic mass is 9.93. The van der Waals surface area contributed by atoms with Crippen molar-refractivity contribution in [2.45, 2.75) is 38.6 Å². The molecule has 2 unspecified atom stereocenters. The molecule has 0 aliphatic carbocycles. The predicted molar refractivity (Wildman–Crippen MR) is 80.4 cm³/mol. The van der Waals surface area contributed by atoms with Crippen molar-refractivity contribution in [2.24, 2.45) is 0 Å². The minimum absolute atomic E-state index is 0.0464. The van der Waals surface area contributed by atoms with Crippen LogP contribution in [0.3, 0.4) is 0 Å². The smallest absolute Gasteiger partial charge is 0.317 e. The van der Waals surface area contributed by atoms with E-state index in [4.69, 9.17) is 5.11 Å². The second-order valence-electron chi connectivity index (χ2n) is 5.67. The van der Waals surface area contributed by atoms with Crippen LogP contribution in [-0.2, 0) is 4.79 Å². The van der Waals surface area contributed by atoms with Gasteiger partial charge in [0.15, 0.2) is 0 Å². The van der Waals surface area contributed by atoms with Crippen molar-refractivity contribution in [2.75, 3.05) is 13.1 Å². The molecule has 2 N–H and O–H groups in total. The summed E-state index contributed by atoms with van der Waals surface area (Å²) in [6, 6.07) is 8.27. The quantitative estimate of drug-likeness (QED) is 0.894. The lowest BCUT2D eigenvalue weighted by molar-refractivity contribution is -0.136. The highest BCUT2D eigenvalue weighted by molar-refractivity contribution is 5.76. The van der Waals surface area contributed by atoms with E-state index in [0.717, 1.165) is 6.42 Å². The topological polar surface area (TPSA) is 69.6 Å². The van der Waals surface area contributed by atoms with Crippen LogP contribution < -0.4 is 5.32 Å². The molecule has 2 rings (SSSR count). The summed E-state index contributed by atoms with van der Waals surface area (Å²) < 4.78 is 0. The van der Waals surface area contributed by atoms with E-state index in [2.05, 4.69) is 24.4 Å². The maximum Gasteiger partial charge on any atom is 0.317 e. The van der Waals surface area contributed by atoms with Gasteiger partial charge in [-0.25, -0.2) is 4.79 Å². The molecule has 1 aliphatic rings. The number of carboxylic acid groups (broad SMARTS) is 1. The third-order valence-corrected chi connectivity index (χ3v) is 4.08. The van der Waals surface area contributed by atoms with Crippen molar-refractivity contribution in [1.29, 1.82) is 0 Å². The van der Waals surface area contributed by atoms with Crippen LogP contribution in [0.15, 0.2) is 24.3 Å². The van der Waals surface area contributed by atoms with Gasteiger partial charge in [-0.1, -0.05) is 24.3 Å². The molecule has 5 heteroatoms. The first kappa shape index (κ1) is 15.4. The van der Waals surface area contributed by atoms with Crippen LogP contribution in [-0.4, -0.2) is 41.1 Å². The highest BCUT2D eigenvalue weighted by Gasteiger charge is 2.33. The van der Waals surface area contributed by atoms with Crippen molar-refractivity contribution < 1.29 is 14.7 Å². The van der Waals surface area contributed by atoms with E-state index in [1.165, 1.54) is 11.1 Å². The second-order valence-corrected chi connectivity index (χ2v) is 5.67. The van der Waals surface area contributed by atoms with Gasteiger partial charge in [-0.05, 0) is 31.4 Å². The Bertz CT molecular complexity index is 530. The number of hydrogen-bond donors (Lipinski definition) is 2. The van der Waals surface area contributed by atoms with Gasteiger partial charge in [-0.2, -0.15) is 0 Å². The summed E-state index contributed by atoms with van der Waals surface area (Å²) in [5.41, 5.74) is 2.55. The number of nitrogens with one attached hydrogen (secondary N) is 1. The first-order valence-corrected chi connectivity index (χ1v) is 7.31. The monoisotopic (exact) mass is 290 g/mol. The number of nitrogens with zero attached hydrogens (tertiary/aromatic N) is 1. The molecule has 1 aliphatic heterocycles. The van der Waals surface area contributed by atoms with Gasteiger partial charge in [0, 0.05) is 25.0 Å². The summed E-state index contributed by atoms with van der Waals surface area (Å²) in [5, 5.41) is 11.3. The number of hydrogen-bond acceptors (Lipinski definition) is 2. The van der Waals surface area contributed by atoms with Crippen molar-refractivity contribution in [3.63, 3.8) is 0 Å². The number of amides is 2. The largest absolute Gasteiger partial charge is 0.481 e. The zero-order chi connectivity index (χ0) is 15.4. The number of carbonyl (C=O) groups is 2. The zero-order valence-corrected chi connectivity index (χ0v) is 12.5. The Morgan fingerprint density at radius 2 is 2.10 bits per heavy atom. The molecule has 114 valence electrons. The van der Waals surface area contributed by atoms with Crippen molar-refractivity contribution in [3.05, 3.63) is 35.4 Å². The zero-order valence-electron chi connectivity index (χ0n) is 12.5. The van der Waals surface area contributed by atoms with E-state index in [-0.39, 0.29) is 25.0 Å². The number of urea groups is 1. The average Bonchev–Trinajstić information content (AvgIpc) is 2.80. The van der Waals surface area contributed by atoms with Gasteiger partial charge in [-0.15, -0.1) is 0 Å². The Hall–Kier alpha value is -2.04. The van der Waals surface area contributed by atoms with E-state index < -0.39 is 5.97 Å². The number of rotatable bonds is 4. The minimum Gasteiger partial charge on any atom is -0.481 e. The number of benzene rings is 1. The molecule has 0 radical (unpaired) electrons. The molecule has 1 saturated heterocycles. The number of likely N-dealkylation sites (tertiary alicyclic amines) is 1. The lowest BCUT2D eigenvalue weighted by Gasteiger charge is -2.21. The normalized spacial score (nSPS) is 21.3. The van der Waals surface area contributed by atoms with E-state index in [0.29, 0.717) is 12.5 Å². The third-order valence-electron chi connectivity index (χ3n) is 4.08. The molecule has 5 nitrogen and oxygen atoms in total. The Labute approximate surface area is 125 Å². The molecule has 2 atom stereocenters. The molecule has 1 aromatic rings. The van der Waals surface area contributed by atoms with Crippen LogP contribution in [0, 0.1) is 6.92 Å². The van der Waals surface area contributed by atoms with Crippen LogP contribution in [0.5, 0.6) is 0 Å². The van der Waals surface area contributed by atoms with Crippen molar-refractivity contribution in [1.82, 2.24) is 10.2 Å². The minimum atomic E-state index is -0.900. The van der Waals surface area contributed by atoms with Crippen LogP contribution in [0.1, 0.15) is 36.8 Å². The van der Waals surface area contributed by atoms with Gasteiger partial charge in [0.2, 0.25) is 0 Å². The van der Waals surface area contributed by atoms with Gasteiger partial charge >= 0.3 is 12.0 Å². The first-order chi connectivity index (χ1) is 9.99. The molecule has 1 heterocycles. The van der Waals surface area contributed by atoms with Gasteiger partial charge in [0.05, 0.1) is 6.42 Å². The number of aryl methyl sites for hydroxylation is 1. The van der Waals surface area contributed by atoms with Crippen LogP contribution >= 0.6 is 0 Å². The summed E-state index contributed by atoms with van der Waals surface area (Å²) >= 11 is 0. The summed E-state index contributed by atoms with van der Waals surface area (Å²) in [7, 11) is 0. The Kier molecular flexibility index (Phi) is 4.83. The lowest BCUT2D eigenvalue weighted by Crippen LogP contribution is -2.42. The van der Waals surface area contributed by atoms with E-state index in [9.17, 15) is 9.59 Å². The van der Waals surface area contributed by atoms with Gasteiger partial charge in [0.25, 0.3) is 0 Å². The van der Waals surface area contributed by atoms with Crippen LogP contribution in [0.4, 0.5) is 4.79 Å². The van der Waals surface area contributed by atoms with E-state index in [1.807, 2.05) is 19.1 Å². The molecule has 1 fully saturated rings. The molecular weight excluding hydrogens is 268 g/mol. The molecule has 21 heavy (non-hydrogen) atoms. The fourth-order valence-electron chi connectivity index (χ4n) is 2.96. The van der Waals surface area contributed by atoms with E-state index in [1.54, 1.807) is 4.90 Å². The van der Waals surface area contributed by atoms with Gasteiger partial charge in [0.1, 0.15) is 0 Å². The fourth-order valence-corrected chi connectivity index (χ4v) is 2.96. The molecule has 0 aromatic heterocycles. The highest BCUT2D eigenvalue weighted by atomic mass is 16.4.